The second-order valence-electron chi connectivity index (χ2n) is 8.66. The van der Waals surface area contributed by atoms with Gasteiger partial charge in [0.2, 0.25) is 0 Å². The number of hydrogen-bond acceptors (Lipinski definition) is 4. The van der Waals surface area contributed by atoms with Gasteiger partial charge in [-0.2, -0.15) is 0 Å². The van der Waals surface area contributed by atoms with Crippen molar-refractivity contribution < 1.29 is 14.3 Å². The quantitative estimate of drug-likeness (QED) is 0.271. The standard InChI is InChI=1S/C28H23NO4/c1-15-11-23(24(28(31)32)12-16(15)2)26-21-9-6-18(29(3)4)14-25(21)33-27-20-10-7-19(30)13-17(20)5-8-22(26)27/h5-14H,1-4H3,(H,31,32). The van der Waals surface area contributed by atoms with E-state index < -0.39 is 5.97 Å². The summed E-state index contributed by atoms with van der Waals surface area (Å²) in [5.74, 6) is -0.975. The van der Waals surface area contributed by atoms with Crippen LogP contribution in [0, 0.1) is 13.8 Å². The van der Waals surface area contributed by atoms with E-state index in [9.17, 15) is 14.7 Å². The average molecular weight is 437 g/mol. The molecule has 0 aliphatic rings. The van der Waals surface area contributed by atoms with Crippen LogP contribution in [0.1, 0.15) is 21.5 Å². The molecule has 1 aromatic heterocycles. The molecule has 0 radical (unpaired) electrons. The van der Waals surface area contributed by atoms with Crippen LogP contribution < -0.4 is 10.3 Å². The molecule has 0 aliphatic carbocycles. The van der Waals surface area contributed by atoms with Crippen LogP contribution in [0.3, 0.4) is 0 Å². The molecule has 5 aromatic rings. The van der Waals surface area contributed by atoms with E-state index in [1.807, 2.05) is 69.2 Å². The molecular weight excluding hydrogens is 414 g/mol. The lowest BCUT2D eigenvalue weighted by atomic mass is 9.89. The lowest BCUT2D eigenvalue weighted by Gasteiger charge is -2.18. The zero-order chi connectivity index (χ0) is 23.4. The number of rotatable bonds is 3. The van der Waals surface area contributed by atoms with Crippen molar-refractivity contribution in [2.75, 3.05) is 19.0 Å². The van der Waals surface area contributed by atoms with Crippen LogP contribution in [0.25, 0.3) is 43.8 Å². The SMILES string of the molecule is Cc1cc(C(=O)O)c(-c2c3ccc(N(C)C)cc3oc3c2ccc2cc(=O)ccc23)cc1C. The van der Waals surface area contributed by atoms with Gasteiger partial charge in [-0.05, 0) is 78.4 Å². The average Bonchev–Trinajstić information content (AvgIpc) is 2.78. The fourth-order valence-electron chi connectivity index (χ4n) is 4.41. The van der Waals surface area contributed by atoms with Crippen molar-refractivity contribution in [3.05, 3.63) is 87.6 Å². The topological polar surface area (TPSA) is 70.8 Å². The fourth-order valence-corrected chi connectivity index (χ4v) is 4.41. The number of carboxylic acid groups (broad SMARTS) is 1. The summed E-state index contributed by atoms with van der Waals surface area (Å²) in [5, 5.41) is 13.3. The van der Waals surface area contributed by atoms with E-state index in [2.05, 4.69) is 0 Å². The smallest absolute Gasteiger partial charge is 0.336 e. The second-order valence-corrected chi connectivity index (χ2v) is 8.66. The summed E-state index contributed by atoms with van der Waals surface area (Å²) in [6.45, 7) is 3.90. The van der Waals surface area contributed by atoms with Crippen LogP contribution in [0.15, 0.2) is 69.9 Å². The molecule has 5 rings (SSSR count). The minimum atomic E-state index is -0.975. The highest BCUT2D eigenvalue weighted by Crippen LogP contribution is 2.42. The molecular formula is C28H23NO4. The number of carboxylic acids is 1. The van der Waals surface area contributed by atoms with Crippen LogP contribution in [-0.4, -0.2) is 25.2 Å². The Morgan fingerprint density at radius 2 is 1.55 bits per heavy atom. The maximum absolute atomic E-state index is 12.3. The molecule has 0 amide bonds. The molecule has 1 N–H and O–H groups in total. The van der Waals surface area contributed by atoms with E-state index >= 15 is 0 Å². The monoisotopic (exact) mass is 437 g/mol. The molecule has 1 heterocycles. The van der Waals surface area contributed by atoms with E-state index in [4.69, 9.17) is 4.42 Å². The number of anilines is 1. The normalized spacial score (nSPS) is 11.4. The minimum absolute atomic E-state index is 0.0694. The molecule has 33 heavy (non-hydrogen) atoms. The lowest BCUT2D eigenvalue weighted by molar-refractivity contribution is 0.0697. The van der Waals surface area contributed by atoms with Gasteiger partial charge in [0.15, 0.2) is 5.43 Å². The summed E-state index contributed by atoms with van der Waals surface area (Å²) in [4.78, 5) is 26.2. The van der Waals surface area contributed by atoms with Crippen molar-refractivity contribution in [1.29, 1.82) is 0 Å². The Bertz CT molecular complexity index is 1660. The summed E-state index contributed by atoms with van der Waals surface area (Å²) in [7, 11) is 3.92. The highest BCUT2D eigenvalue weighted by atomic mass is 16.4. The van der Waals surface area contributed by atoms with E-state index in [0.717, 1.165) is 43.9 Å². The first kappa shape index (κ1) is 20.8. The first-order valence-corrected chi connectivity index (χ1v) is 10.7. The Kier molecular flexibility index (Phi) is 4.71. The number of aromatic carboxylic acids is 1. The molecule has 5 heteroatoms. The zero-order valence-electron chi connectivity index (χ0n) is 18.9. The van der Waals surface area contributed by atoms with Gasteiger partial charge < -0.3 is 14.4 Å². The molecule has 0 unspecified atom stereocenters. The second kappa shape index (κ2) is 7.48. The van der Waals surface area contributed by atoms with Gasteiger partial charge in [0, 0.05) is 47.6 Å². The highest BCUT2D eigenvalue weighted by Gasteiger charge is 2.21. The summed E-state index contributed by atoms with van der Waals surface area (Å²) in [6.07, 6.45) is 0. The maximum Gasteiger partial charge on any atom is 0.336 e. The molecule has 5 nitrogen and oxygen atoms in total. The first-order chi connectivity index (χ1) is 15.7. The fraction of sp³-hybridized carbons (Fsp3) is 0.143. The number of nitrogens with zero attached hydrogens (tertiary/aromatic N) is 1. The van der Waals surface area contributed by atoms with Gasteiger partial charge >= 0.3 is 5.97 Å². The predicted octanol–water partition coefficient (Wildman–Crippen LogP) is 6.15. The Labute approximate surface area is 190 Å². The predicted molar refractivity (Wildman–Crippen MR) is 134 cm³/mol. The third kappa shape index (κ3) is 3.33. The summed E-state index contributed by atoms with van der Waals surface area (Å²) >= 11 is 0. The van der Waals surface area contributed by atoms with E-state index in [-0.39, 0.29) is 11.0 Å². The molecule has 0 saturated carbocycles. The molecule has 0 saturated heterocycles. The maximum atomic E-state index is 12.3. The third-order valence-corrected chi connectivity index (χ3v) is 6.31. The number of fused-ring (bicyclic) bond motifs is 4. The van der Waals surface area contributed by atoms with Crippen LogP contribution in [0.5, 0.6) is 0 Å². The van der Waals surface area contributed by atoms with Gasteiger partial charge in [-0.25, -0.2) is 4.79 Å². The largest absolute Gasteiger partial charge is 0.478 e. The molecule has 0 spiro atoms. The Balaban J connectivity index is 2.03. The van der Waals surface area contributed by atoms with Gasteiger partial charge in [0.25, 0.3) is 0 Å². The van der Waals surface area contributed by atoms with Crippen molar-refractivity contribution >= 4 is 44.4 Å². The van der Waals surface area contributed by atoms with Gasteiger partial charge in [0.1, 0.15) is 11.2 Å². The van der Waals surface area contributed by atoms with Gasteiger partial charge in [0.05, 0.1) is 5.56 Å². The van der Waals surface area contributed by atoms with Gasteiger partial charge in [-0.3, -0.25) is 4.79 Å². The summed E-state index contributed by atoms with van der Waals surface area (Å²) in [5.41, 5.74) is 5.82. The first-order valence-electron chi connectivity index (χ1n) is 10.7. The van der Waals surface area contributed by atoms with Crippen molar-refractivity contribution in [2.24, 2.45) is 0 Å². The van der Waals surface area contributed by atoms with E-state index in [1.165, 1.54) is 6.07 Å². The number of carbonyl (C=O) groups is 1. The van der Waals surface area contributed by atoms with Gasteiger partial charge in [-0.1, -0.05) is 12.1 Å². The summed E-state index contributed by atoms with van der Waals surface area (Å²) < 4.78 is 6.43. The number of benzene rings is 4. The number of hydrogen-bond donors (Lipinski definition) is 1. The van der Waals surface area contributed by atoms with Crippen molar-refractivity contribution in [3.8, 4) is 11.1 Å². The van der Waals surface area contributed by atoms with Crippen molar-refractivity contribution in [1.82, 2.24) is 0 Å². The zero-order valence-corrected chi connectivity index (χ0v) is 18.9. The Morgan fingerprint density at radius 1 is 0.848 bits per heavy atom. The highest BCUT2D eigenvalue weighted by molar-refractivity contribution is 6.17. The third-order valence-electron chi connectivity index (χ3n) is 6.31. The van der Waals surface area contributed by atoms with E-state index in [1.54, 1.807) is 18.2 Å². The van der Waals surface area contributed by atoms with Crippen LogP contribution >= 0.6 is 0 Å². The molecule has 164 valence electrons. The minimum Gasteiger partial charge on any atom is -0.478 e. The van der Waals surface area contributed by atoms with Crippen molar-refractivity contribution in [2.45, 2.75) is 13.8 Å². The Hall–Kier alpha value is -4.12. The van der Waals surface area contributed by atoms with Crippen LogP contribution in [0.2, 0.25) is 0 Å². The molecule has 4 aromatic carbocycles. The molecule has 0 fully saturated rings. The molecule has 0 bridgehead atoms. The molecule has 0 atom stereocenters. The van der Waals surface area contributed by atoms with Gasteiger partial charge in [-0.15, -0.1) is 0 Å². The summed E-state index contributed by atoms with van der Waals surface area (Å²) in [6, 6.07) is 18.3. The van der Waals surface area contributed by atoms with Crippen molar-refractivity contribution in [3.63, 3.8) is 0 Å². The lowest BCUT2D eigenvalue weighted by Crippen LogP contribution is -2.08. The number of aryl methyl sites for hydroxylation is 2. The van der Waals surface area contributed by atoms with Crippen LogP contribution in [0.4, 0.5) is 5.69 Å². The Morgan fingerprint density at radius 3 is 2.27 bits per heavy atom. The van der Waals surface area contributed by atoms with Crippen LogP contribution in [-0.2, 0) is 0 Å². The molecule has 0 aliphatic heterocycles. The van der Waals surface area contributed by atoms with E-state index in [0.29, 0.717) is 16.7 Å².